The lowest BCUT2D eigenvalue weighted by atomic mass is 9.83. The second kappa shape index (κ2) is 14.7. The molecule has 4 aromatic carbocycles. The van der Waals surface area contributed by atoms with Crippen molar-refractivity contribution in [2.45, 2.75) is 79.3 Å². The topological polar surface area (TPSA) is 83.5 Å². The lowest BCUT2D eigenvalue weighted by Crippen LogP contribution is -2.24. The van der Waals surface area contributed by atoms with E-state index in [9.17, 15) is 0 Å². The van der Waals surface area contributed by atoms with Gasteiger partial charge in [-0.25, -0.2) is 0 Å². The number of nitrogens with one attached hydrogen (secondary N) is 6. The van der Waals surface area contributed by atoms with Gasteiger partial charge in [0.25, 0.3) is 0 Å². The van der Waals surface area contributed by atoms with Crippen LogP contribution in [0.2, 0.25) is 0 Å². The third-order valence-electron chi connectivity index (χ3n) is 10.1. The SMILES string of the molecule is CCc1c(CNCc2c[nH]c3ccccc23)c(CC)c(CNCc2c[nH]c3ccccc23)c(CC)c1CNCc1c[nH]c2ccccc12. The zero-order valence-electron chi connectivity index (χ0n) is 28.5. The summed E-state index contributed by atoms with van der Waals surface area (Å²) in [7, 11) is 0. The fourth-order valence-electron chi connectivity index (χ4n) is 7.81. The van der Waals surface area contributed by atoms with Crippen LogP contribution < -0.4 is 16.0 Å². The summed E-state index contributed by atoms with van der Waals surface area (Å²) in [6, 6.07) is 25.7. The lowest BCUT2D eigenvalue weighted by Gasteiger charge is -2.27. The molecule has 0 unspecified atom stereocenters. The summed E-state index contributed by atoms with van der Waals surface area (Å²) < 4.78 is 0. The van der Waals surface area contributed by atoms with Crippen LogP contribution in [-0.2, 0) is 58.5 Å². The Morgan fingerprint density at radius 2 is 0.667 bits per heavy atom. The number of aromatic amines is 3. The van der Waals surface area contributed by atoms with Crippen molar-refractivity contribution in [3.8, 4) is 0 Å². The van der Waals surface area contributed by atoms with E-state index in [-0.39, 0.29) is 0 Å². The van der Waals surface area contributed by atoms with Crippen molar-refractivity contribution >= 4 is 32.7 Å². The number of rotatable bonds is 15. The van der Waals surface area contributed by atoms with Crippen LogP contribution in [0.1, 0.15) is 70.8 Å². The number of benzene rings is 4. The standard InChI is InChI=1S/C42H48N6/c1-4-31-37(25-43-19-28-22-46-40-16-10-7-13-34(28)40)32(5-2)39(27-45-21-30-24-48-42-18-12-9-15-36(30)42)33(6-3)38(31)26-44-20-29-23-47-41-17-11-8-14-35(29)41/h7-18,22-24,43-48H,4-6,19-21,25-27H2,1-3H3. The van der Waals surface area contributed by atoms with Crippen molar-refractivity contribution < 1.29 is 0 Å². The molecule has 0 amide bonds. The fourth-order valence-corrected chi connectivity index (χ4v) is 7.81. The van der Waals surface area contributed by atoms with Gasteiger partial charge < -0.3 is 30.9 Å². The highest BCUT2D eigenvalue weighted by atomic mass is 14.9. The molecule has 0 spiro atoms. The largest absolute Gasteiger partial charge is 0.361 e. The van der Waals surface area contributed by atoms with Crippen molar-refractivity contribution in [2.75, 3.05) is 0 Å². The Balaban J connectivity index is 1.19. The van der Waals surface area contributed by atoms with Crippen molar-refractivity contribution in [3.63, 3.8) is 0 Å². The van der Waals surface area contributed by atoms with Crippen molar-refractivity contribution in [1.29, 1.82) is 0 Å². The average Bonchev–Trinajstić information content (AvgIpc) is 3.86. The minimum atomic E-state index is 0.828. The second-order valence-electron chi connectivity index (χ2n) is 12.8. The Morgan fingerprint density at radius 3 is 0.958 bits per heavy atom. The molecule has 3 aromatic heterocycles. The number of fused-ring (bicyclic) bond motifs is 3. The van der Waals surface area contributed by atoms with Gasteiger partial charge in [-0.05, 0) is 87.5 Å². The van der Waals surface area contributed by atoms with Gasteiger partial charge >= 0.3 is 0 Å². The van der Waals surface area contributed by atoms with Gasteiger partial charge in [-0.1, -0.05) is 75.4 Å². The molecular formula is C42H48N6. The van der Waals surface area contributed by atoms with Gasteiger partial charge in [0.15, 0.2) is 0 Å². The summed E-state index contributed by atoms with van der Waals surface area (Å²) in [6.45, 7) is 12.0. The van der Waals surface area contributed by atoms with E-state index in [4.69, 9.17) is 0 Å². The molecule has 6 nitrogen and oxygen atoms in total. The highest BCUT2D eigenvalue weighted by Crippen LogP contribution is 2.32. The molecule has 6 heteroatoms. The van der Waals surface area contributed by atoms with E-state index in [1.807, 2.05) is 0 Å². The molecule has 0 radical (unpaired) electrons. The van der Waals surface area contributed by atoms with Gasteiger partial charge in [0.05, 0.1) is 0 Å². The maximum Gasteiger partial charge on any atom is 0.0457 e. The highest BCUT2D eigenvalue weighted by Gasteiger charge is 2.21. The summed E-state index contributed by atoms with van der Waals surface area (Å²) in [6.07, 6.45) is 9.49. The minimum Gasteiger partial charge on any atom is -0.361 e. The molecule has 0 saturated heterocycles. The molecule has 0 aliphatic rings. The third kappa shape index (κ3) is 6.31. The fraction of sp³-hybridized carbons (Fsp3) is 0.286. The average molecular weight is 637 g/mol. The second-order valence-corrected chi connectivity index (χ2v) is 12.8. The number of hydrogen-bond acceptors (Lipinski definition) is 3. The van der Waals surface area contributed by atoms with Crippen LogP contribution >= 0.6 is 0 Å². The molecule has 48 heavy (non-hydrogen) atoms. The monoisotopic (exact) mass is 636 g/mol. The van der Waals surface area contributed by atoms with Crippen LogP contribution in [0.3, 0.4) is 0 Å². The molecule has 3 heterocycles. The van der Waals surface area contributed by atoms with E-state index in [2.05, 4.69) is 143 Å². The quantitative estimate of drug-likeness (QED) is 0.0681. The third-order valence-corrected chi connectivity index (χ3v) is 10.1. The van der Waals surface area contributed by atoms with Crippen molar-refractivity contribution in [2.24, 2.45) is 0 Å². The van der Waals surface area contributed by atoms with E-state index in [1.165, 1.54) is 82.8 Å². The van der Waals surface area contributed by atoms with Gasteiger partial charge in [0.2, 0.25) is 0 Å². The normalized spacial score (nSPS) is 11.8. The van der Waals surface area contributed by atoms with Gasteiger partial charge in [-0.15, -0.1) is 0 Å². The van der Waals surface area contributed by atoms with E-state index < -0.39 is 0 Å². The summed E-state index contributed by atoms with van der Waals surface area (Å²) in [4.78, 5) is 10.3. The van der Waals surface area contributed by atoms with Crippen LogP contribution in [0, 0.1) is 0 Å². The van der Waals surface area contributed by atoms with Gasteiger partial charge in [0.1, 0.15) is 0 Å². The maximum atomic E-state index is 3.87. The first-order chi connectivity index (χ1) is 23.7. The first kappa shape index (κ1) is 32.0. The van der Waals surface area contributed by atoms with Gasteiger partial charge in [-0.3, -0.25) is 0 Å². The molecule has 7 aromatic rings. The van der Waals surface area contributed by atoms with Crippen LogP contribution in [0.25, 0.3) is 32.7 Å². The maximum absolute atomic E-state index is 3.87. The molecule has 0 saturated carbocycles. The zero-order valence-corrected chi connectivity index (χ0v) is 28.5. The number of hydrogen-bond donors (Lipinski definition) is 6. The van der Waals surface area contributed by atoms with Crippen LogP contribution in [0.15, 0.2) is 91.4 Å². The molecule has 0 fully saturated rings. The number of para-hydroxylation sites is 3. The minimum absolute atomic E-state index is 0.828. The van der Waals surface area contributed by atoms with Crippen LogP contribution in [0.4, 0.5) is 0 Å². The lowest BCUT2D eigenvalue weighted by molar-refractivity contribution is 0.647. The van der Waals surface area contributed by atoms with E-state index in [1.54, 1.807) is 0 Å². The number of H-pyrrole nitrogens is 3. The highest BCUT2D eigenvalue weighted by molar-refractivity contribution is 5.84. The summed E-state index contributed by atoms with van der Waals surface area (Å²) in [5.74, 6) is 0. The Labute approximate surface area is 283 Å². The Kier molecular flexibility index (Phi) is 9.75. The summed E-state index contributed by atoms with van der Waals surface area (Å²) >= 11 is 0. The van der Waals surface area contributed by atoms with Gasteiger partial charge in [-0.2, -0.15) is 0 Å². The molecule has 0 aliphatic heterocycles. The Morgan fingerprint density at radius 1 is 0.375 bits per heavy atom. The van der Waals surface area contributed by atoms with Gasteiger partial charge in [0, 0.05) is 90.6 Å². The Hall–Kier alpha value is -4.62. The summed E-state index contributed by atoms with van der Waals surface area (Å²) in [5, 5.41) is 15.5. The molecule has 0 bridgehead atoms. The van der Waals surface area contributed by atoms with E-state index >= 15 is 0 Å². The van der Waals surface area contributed by atoms with E-state index in [0.29, 0.717) is 0 Å². The molecule has 0 atom stereocenters. The van der Waals surface area contributed by atoms with Crippen molar-refractivity contribution in [1.82, 2.24) is 30.9 Å². The summed E-state index contributed by atoms with van der Waals surface area (Å²) in [5.41, 5.74) is 16.5. The molecule has 7 rings (SSSR count). The predicted molar refractivity (Wildman–Crippen MR) is 201 cm³/mol. The molecule has 0 aliphatic carbocycles. The van der Waals surface area contributed by atoms with Crippen molar-refractivity contribution in [3.05, 3.63) is 141 Å². The first-order valence-electron chi connectivity index (χ1n) is 17.6. The molecule has 246 valence electrons. The van der Waals surface area contributed by atoms with Crippen LogP contribution in [-0.4, -0.2) is 15.0 Å². The molecular weight excluding hydrogens is 589 g/mol. The Bertz CT molecular complexity index is 1880. The number of aromatic nitrogens is 3. The smallest absolute Gasteiger partial charge is 0.0457 e. The zero-order chi connectivity index (χ0) is 32.9. The first-order valence-corrected chi connectivity index (χ1v) is 17.6. The molecule has 6 N–H and O–H groups in total. The van der Waals surface area contributed by atoms with Crippen LogP contribution in [0.5, 0.6) is 0 Å². The predicted octanol–water partition coefficient (Wildman–Crippen LogP) is 8.69. The van der Waals surface area contributed by atoms with E-state index in [0.717, 1.165) is 58.5 Å².